The van der Waals surface area contributed by atoms with Crippen LogP contribution in [0.25, 0.3) is 0 Å². The van der Waals surface area contributed by atoms with Gasteiger partial charge in [0.25, 0.3) is 0 Å². The van der Waals surface area contributed by atoms with Gasteiger partial charge in [-0.15, -0.1) is 0 Å². The van der Waals surface area contributed by atoms with E-state index in [0.717, 1.165) is 17.8 Å². The van der Waals surface area contributed by atoms with Gasteiger partial charge in [-0.05, 0) is 30.5 Å². The van der Waals surface area contributed by atoms with Gasteiger partial charge < -0.3 is 5.32 Å². The minimum absolute atomic E-state index is 0.606. The fourth-order valence-electron chi connectivity index (χ4n) is 1.64. The van der Waals surface area contributed by atoms with Crippen molar-refractivity contribution in [1.29, 1.82) is 0 Å². The van der Waals surface area contributed by atoms with E-state index in [1.165, 1.54) is 0 Å². The Morgan fingerprint density at radius 3 is 2.59 bits per heavy atom. The van der Waals surface area contributed by atoms with Crippen LogP contribution in [0.1, 0.15) is 19.5 Å². The van der Waals surface area contributed by atoms with Crippen molar-refractivity contribution in [2.24, 2.45) is 5.92 Å². The van der Waals surface area contributed by atoms with E-state index in [2.05, 4.69) is 29.1 Å². The molecule has 2 rings (SSSR count). The Bertz CT molecular complexity index is 466. The number of benzene rings is 1. The number of nitrogens with one attached hydrogen (secondary N) is 1. The smallest absolute Gasteiger partial charge is 0.227 e. The molecule has 0 aliphatic carbocycles. The van der Waals surface area contributed by atoms with Crippen LogP contribution in [0.15, 0.2) is 42.6 Å². The maximum Gasteiger partial charge on any atom is 0.227 e. The lowest BCUT2D eigenvalue weighted by Gasteiger charge is -2.07. The fraction of sp³-hybridized carbons (Fsp3) is 0.286. The second-order valence-electron chi connectivity index (χ2n) is 4.46. The van der Waals surface area contributed by atoms with Gasteiger partial charge >= 0.3 is 0 Å². The summed E-state index contributed by atoms with van der Waals surface area (Å²) in [7, 11) is 0. The predicted octanol–water partition coefficient (Wildman–Crippen LogP) is 3.42. The molecule has 1 aromatic carbocycles. The molecule has 1 aromatic heterocycles. The van der Waals surface area contributed by atoms with Crippen molar-refractivity contribution in [1.82, 2.24) is 9.97 Å². The summed E-state index contributed by atoms with van der Waals surface area (Å²) in [6, 6.07) is 11.9. The van der Waals surface area contributed by atoms with Crippen LogP contribution in [0.3, 0.4) is 0 Å². The number of nitrogens with zero attached hydrogens (tertiary/aromatic N) is 2. The SMILES string of the molecule is CC(C)Cc1ccnc(Nc2ccccc2)n1. The van der Waals surface area contributed by atoms with Crippen molar-refractivity contribution in [2.45, 2.75) is 20.3 Å². The maximum absolute atomic E-state index is 4.49. The number of rotatable bonds is 4. The molecule has 0 aliphatic rings. The van der Waals surface area contributed by atoms with E-state index in [4.69, 9.17) is 0 Å². The van der Waals surface area contributed by atoms with Crippen LogP contribution in [-0.2, 0) is 6.42 Å². The first-order valence-corrected chi connectivity index (χ1v) is 5.88. The number of aromatic nitrogens is 2. The highest BCUT2D eigenvalue weighted by molar-refractivity contribution is 5.52. The van der Waals surface area contributed by atoms with Crippen molar-refractivity contribution in [3.63, 3.8) is 0 Å². The van der Waals surface area contributed by atoms with E-state index < -0.39 is 0 Å². The lowest BCUT2D eigenvalue weighted by atomic mass is 10.1. The lowest BCUT2D eigenvalue weighted by molar-refractivity contribution is 0.634. The average Bonchev–Trinajstić information content (AvgIpc) is 2.30. The van der Waals surface area contributed by atoms with Crippen LogP contribution < -0.4 is 5.32 Å². The van der Waals surface area contributed by atoms with E-state index in [1.807, 2.05) is 36.4 Å². The van der Waals surface area contributed by atoms with E-state index in [-0.39, 0.29) is 0 Å². The molecule has 0 saturated heterocycles. The molecule has 0 radical (unpaired) electrons. The molecule has 0 atom stereocenters. The molecule has 0 saturated carbocycles. The lowest BCUT2D eigenvalue weighted by Crippen LogP contribution is -2.02. The second kappa shape index (κ2) is 5.43. The summed E-state index contributed by atoms with van der Waals surface area (Å²) >= 11 is 0. The Kier molecular flexibility index (Phi) is 3.70. The summed E-state index contributed by atoms with van der Waals surface area (Å²) < 4.78 is 0. The highest BCUT2D eigenvalue weighted by Crippen LogP contribution is 2.12. The Morgan fingerprint density at radius 2 is 1.88 bits per heavy atom. The molecule has 0 spiro atoms. The number of anilines is 2. The molecule has 17 heavy (non-hydrogen) atoms. The number of hydrogen-bond donors (Lipinski definition) is 1. The van der Waals surface area contributed by atoms with Crippen LogP contribution in [0.4, 0.5) is 11.6 Å². The van der Waals surface area contributed by atoms with Crippen LogP contribution in [0.5, 0.6) is 0 Å². The minimum atomic E-state index is 0.606. The molecule has 88 valence electrons. The third-order valence-electron chi connectivity index (χ3n) is 2.36. The molecular weight excluding hydrogens is 210 g/mol. The molecule has 0 fully saturated rings. The average molecular weight is 227 g/mol. The first-order valence-electron chi connectivity index (χ1n) is 5.88. The van der Waals surface area contributed by atoms with Crippen LogP contribution in [0.2, 0.25) is 0 Å². The zero-order valence-electron chi connectivity index (χ0n) is 10.2. The van der Waals surface area contributed by atoms with E-state index >= 15 is 0 Å². The van der Waals surface area contributed by atoms with Gasteiger partial charge in [-0.2, -0.15) is 0 Å². The number of para-hydroxylation sites is 1. The molecule has 0 unspecified atom stereocenters. The van der Waals surface area contributed by atoms with Crippen LogP contribution in [-0.4, -0.2) is 9.97 Å². The van der Waals surface area contributed by atoms with Crippen molar-refractivity contribution in [3.05, 3.63) is 48.3 Å². The Hall–Kier alpha value is -1.90. The van der Waals surface area contributed by atoms with Crippen LogP contribution >= 0.6 is 0 Å². The highest BCUT2D eigenvalue weighted by Gasteiger charge is 2.02. The van der Waals surface area contributed by atoms with Crippen LogP contribution in [0, 0.1) is 5.92 Å². The van der Waals surface area contributed by atoms with E-state index in [0.29, 0.717) is 11.9 Å². The van der Waals surface area contributed by atoms with Gasteiger partial charge in [0, 0.05) is 17.6 Å². The Balaban J connectivity index is 2.11. The van der Waals surface area contributed by atoms with Crippen molar-refractivity contribution >= 4 is 11.6 Å². The van der Waals surface area contributed by atoms with E-state index in [1.54, 1.807) is 6.20 Å². The monoisotopic (exact) mass is 227 g/mol. The highest BCUT2D eigenvalue weighted by atomic mass is 15.1. The molecule has 3 heteroatoms. The molecule has 0 aliphatic heterocycles. The largest absolute Gasteiger partial charge is 0.324 e. The standard InChI is InChI=1S/C14H17N3/c1-11(2)10-13-8-9-15-14(17-13)16-12-6-4-3-5-7-12/h3-9,11H,10H2,1-2H3,(H,15,16,17). The summed E-state index contributed by atoms with van der Waals surface area (Å²) in [4.78, 5) is 8.71. The fourth-order valence-corrected chi connectivity index (χ4v) is 1.64. The summed E-state index contributed by atoms with van der Waals surface area (Å²) in [6.07, 6.45) is 2.78. The Labute approximate surface area is 102 Å². The summed E-state index contributed by atoms with van der Waals surface area (Å²) in [5.74, 6) is 1.27. The molecule has 0 bridgehead atoms. The summed E-state index contributed by atoms with van der Waals surface area (Å²) in [5.41, 5.74) is 2.09. The molecule has 1 heterocycles. The van der Waals surface area contributed by atoms with Gasteiger partial charge in [0.05, 0.1) is 0 Å². The predicted molar refractivity (Wildman–Crippen MR) is 70.3 cm³/mol. The molecular formula is C14H17N3. The van der Waals surface area contributed by atoms with Crippen molar-refractivity contribution in [3.8, 4) is 0 Å². The summed E-state index contributed by atoms with van der Waals surface area (Å²) in [5, 5.41) is 3.20. The quantitative estimate of drug-likeness (QED) is 0.869. The van der Waals surface area contributed by atoms with Crippen molar-refractivity contribution in [2.75, 3.05) is 5.32 Å². The molecule has 0 amide bonds. The normalized spacial score (nSPS) is 10.5. The second-order valence-corrected chi connectivity index (χ2v) is 4.46. The van der Waals surface area contributed by atoms with Gasteiger partial charge in [-0.25, -0.2) is 9.97 Å². The minimum Gasteiger partial charge on any atom is -0.324 e. The third-order valence-corrected chi connectivity index (χ3v) is 2.36. The maximum atomic E-state index is 4.49. The number of hydrogen-bond acceptors (Lipinski definition) is 3. The Morgan fingerprint density at radius 1 is 1.12 bits per heavy atom. The van der Waals surface area contributed by atoms with Gasteiger partial charge in [-0.3, -0.25) is 0 Å². The molecule has 2 aromatic rings. The topological polar surface area (TPSA) is 37.8 Å². The molecule has 1 N–H and O–H groups in total. The van der Waals surface area contributed by atoms with Gasteiger partial charge in [-0.1, -0.05) is 32.0 Å². The van der Waals surface area contributed by atoms with Crippen molar-refractivity contribution < 1.29 is 0 Å². The van der Waals surface area contributed by atoms with E-state index in [9.17, 15) is 0 Å². The zero-order chi connectivity index (χ0) is 12.1. The first kappa shape index (κ1) is 11.6. The van der Waals surface area contributed by atoms with Gasteiger partial charge in [0.2, 0.25) is 5.95 Å². The first-order chi connectivity index (χ1) is 8.24. The molecule has 3 nitrogen and oxygen atoms in total. The summed E-state index contributed by atoms with van der Waals surface area (Å²) in [6.45, 7) is 4.37. The third kappa shape index (κ3) is 3.55. The van der Waals surface area contributed by atoms with Gasteiger partial charge in [0.1, 0.15) is 0 Å². The van der Waals surface area contributed by atoms with Gasteiger partial charge in [0.15, 0.2) is 0 Å². The zero-order valence-corrected chi connectivity index (χ0v) is 10.2.